The van der Waals surface area contributed by atoms with Gasteiger partial charge in [0.25, 0.3) is 5.91 Å². The van der Waals surface area contributed by atoms with Gasteiger partial charge in [0.1, 0.15) is 0 Å². The molecule has 0 fully saturated rings. The minimum Gasteiger partial charge on any atom is -0.322 e. The summed E-state index contributed by atoms with van der Waals surface area (Å²) in [6.45, 7) is 6.25. The van der Waals surface area contributed by atoms with Crippen molar-refractivity contribution < 1.29 is 13.2 Å². The van der Waals surface area contributed by atoms with Gasteiger partial charge in [-0.05, 0) is 41.3 Å². The molecule has 2 aromatic rings. The van der Waals surface area contributed by atoms with E-state index in [9.17, 15) is 13.2 Å². The van der Waals surface area contributed by atoms with Crippen LogP contribution in [-0.2, 0) is 15.4 Å². The molecule has 0 bridgehead atoms. The van der Waals surface area contributed by atoms with E-state index in [1.165, 1.54) is 38.4 Å². The number of amides is 1. The van der Waals surface area contributed by atoms with Crippen molar-refractivity contribution in [2.45, 2.75) is 31.1 Å². The molecule has 0 saturated heterocycles. The Balaban J connectivity index is 2.26. The zero-order valence-corrected chi connectivity index (χ0v) is 16.0. The summed E-state index contributed by atoms with van der Waals surface area (Å²) in [5.74, 6) is -0.273. The lowest BCUT2D eigenvalue weighted by Crippen LogP contribution is -2.22. The maximum absolute atomic E-state index is 12.5. The summed E-state index contributed by atoms with van der Waals surface area (Å²) in [7, 11) is -0.559. The predicted octanol–water partition coefficient (Wildman–Crippen LogP) is 3.49. The molecule has 2 rings (SSSR count). The van der Waals surface area contributed by atoms with E-state index in [-0.39, 0.29) is 16.2 Å². The van der Waals surface area contributed by atoms with Crippen LogP contribution < -0.4 is 5.32 Å². The third-order valence-electron chi connectivity index (χ3n) is 3.88. The van der Waals surface area contributed by atoms with E-state index in [0.717, 1.165) is 15.6 Å². The first-order chi connectivity index (χ1) is 11.5. The number of sulfonamides is 1. The summed E-state index contributed by atoms with van der Waals surface area (Å²) in [5.41, 5.74) is 2.09. The molecular weight excluding hydrogens is 336 g/mol. The first-order valence-electron chi connectivity index (χ1n) is 7.97. The Kier molecular flexibility index (Phi) is 5.34. The molecule has 134 valence electrons. The van der Waals surface area contributed by atoms with E-state index in [4.69, 9.17) is 0 Å². The standard InChI is InChI=1S/C19H24N2O3S/c1-19(2,3)16-8-6-7-9-17(16)20-18(22)14-10-12-15(13-11-14)25(23,24)21(4)5/h6-13H,1-5H3,(H,20,22). The lowest BCUT2D eigenvalue weighted by Gasteiger charge is -2.23. The molecule has 0 aromatic heterocycles. The second kappa shape index (κ2) is 6.98. The number of carbonyl (C=O) groups excluding carboxylic acids is 1. The average Bonchev–Trinajstić information content (AvgIpc) is 2.54. The number of rotatable bonds is 4. The molecule has 6 heteroatoms. The number of anilines is 1. The van der Waals surface area contributed by atoms with Gasteiger partial charge in [0.05, 0.1) is 4.90 Å². The smallest absolute Gasteiger partial charge is 0.255 e. The van der Waals surface area contributed by atoms with Crippen LogP contribution in [0.3, 0.4) is 0 Å². The summed E-state index contributed by atoms with van der Waals surface area (Å²) in [6.07, 6.45) is 0. The third-order valence-corrected chi connectivity index (χ3v) is 5.71. The number of para-hydroxylation sites is 1. The van der Waals surface area contributed by atoms with Crippen LogP contribution in [0, 0.1) is 0 Å². The Hall–Kier alpha value is -2.18. The van der Waals surface area contributed by atoms with Crippen molar-refractivity contribution in [1.82, 2.24) is 4.31 Å². The number of nitrogens with zero attached hydrogens (tertiary/aromatic N) is 1. The predicted molar refractivity (Wildman–Crippen MR) is 100 cm³/mol. The summed E-state index contributed by atoms with van der Waals surface area (Å²) in [5, 5.41) is 2.92. The van der Waals surface area contributed by atoms with Crippen LogP contribution in [0.1, 0.15) is 36.7 Å². The van der Waals surface area contributed by atoms with Crippen molar-refractivity contribution in [1.29, 1.82) is 0 Å². The van der Waals surface area contributed by atoms with Crippen molar-refractivity contribution in [2.75, 3.05) is 19.4 Å². The minimum absolute atomic E-state index is 0.104. The Morgan fingerprint density at radius 2 is 1.52 bits per heavy atom. The highest BCUT2D eigenvalue weighted by atomic mass is 32.2. The quantitative estimate of drug-likeness (QED) is 0.908. The minimum atomic E-state index is -3.50. The Labute approximate surface area is 149 Å². The summed E-state index contributed by atoms with van der Waals surface area (Å²) < 4.78 is 25.3. The van der Waals surface area contributed by atoms with Crippen LogP contribution in [0.5, 0.6) is 0 Å². The van der Waals surface area contributed by atoms with Crippen LogP contribution in [0.2, 0.25) is 0 Å². The van der Waals surface area contributed by atoms with Gasteiger partial charge in [-0.15, -0.1) is 0 Å². The van der Waals surface area contributed by atoms with Crippen molar-refractivity contribution in [3.05, 3.63) is 59.7 Å². The van der Waals surface area contributed by atoms with Gasteiger partial charge in [-0.25, -0.2) is 12.7 Å². The average molecular weight is 360 g/mol. The van der Waals surface area contributed by atoms with Crippen molar-refractivity contribution in [3.63, 3.8) is 0 Å². The zero-order chi connectivity index (χ0) is 18.8. The van der Waals surface area contributed by atoms with Gasteiger partial charge in [-0.2, -0.15) is 0 Å². The van der Waals surface area contributed by atoms with E-state index < -0.39 is 10.0 Å². The van der Waals surface area contributed by atoms with Crippen LogP contribution in [-0.4, -0.2) is 32.7 Å². The van der Waals surface area contributed by atoms with Crippen LogP contribution in [0.15, 0.2) is 53.4 Å². The van der Waals surface area contributed by atoms with Gasteiger partial charge >= 0.3 is 0 Å². The molecule has 0 unspecified atom stereocenters. The Morgan fingerprint density at radius 1 is 0.960 bits per heavy atom. The van der Waals surface area contributed by atoms with Gasteiger partial charge < -0.3 is 5.32 Å². The van der Waals surface area contributed by atoms with Crippen LogP contribution in [0.4, 0.5) is 5.69 Å². The van der Waals surface area contributed by atoms with Crippen LogP contribution >= 0.6 is 0 Å². The van der Waals surface area contributed by atoms with Gasteiger partial charge in [-0.3, -0.25) is 4.79 Å². The second-order valence-corrected chi connectivity index (χ2v) is 9.21. The Bertz CT molecular complexity index is 864. The van der Waals surface area contributed by atoms with Crippen molar-refractivity contribution in [2.24, 2.45) is 0 Å². The van der Waals surface area contributed by atoms with E-state index in [0.29, 0.717) is 5.56 Å². The SMILES string of the molecule is CN(C)S(=O)(=O)c1ccc(C(=O)Nc2ccccc2C(C)(C)C)cc1. The Morgan fingerprint density at radius 3 is 2.04 bits per heavy atom. The molecule has 2 aromatic carbocycles. The second-order valence-electron chi connectivity index (χ2n) is 7.06. The number of nitrogens with one attached hydrogen (secondary N) is 1. The van der Waals surface area contributed by atoms with Crippen LogP contribution in [0.25, 0.3) is 0 Å². The van der Waals surface area contributed by atoms with E-state index in [1.54, 1.807) is 0 Å². The van der Waals surface area contributed by atoms with Gasteiger partial charge in [0.15, 0.2) is 0 Å². The molecule has 0 saturated carbocycles. The normalized spacial score (nSPS) is 12.2. The molecule has 0 heterocycles. The first kappa shape index (κ1) is 19.1. The third kappa shape index (κ3) is 4.27. The summed E-state index contributed by atoms with van der Waals surface area (Å²) >= 11 is 0. The molecule has 0 atom stereocenters. The molecule has 0 radical (unpaired) electrons. The summed E-state index contributed by atoms with van der Waals surface area (Å²) in [6, 6.07) is 13.6. The number of carbonyl (C=O) groups is 1. The molecule has 5 nitrogen and oxygen atoms in total. The topological polar surface area (TPSA) is 66.5 Å². The summed E-state index contributed by atoms with van der Waals surface area (Å²) in [4.78, 5) is 12.7. The molecule has 1 N–H and O–H groups in total. The number of benzene rings is 2. The highest BCUT2D eigenvalue weighted by Gasteiger charge is 2.20. The van der Waals surface area contributed by atoms with E-state index in [2.05, 4.69) is 26.1 Å². The zero-order valence-electron chi connectivity index (χ0n) is 15.2. The van der Waals surface area contributed by atoms with Gasteiger partial charge in [-0.1, -0.05) is 39.0 Å². The fourth-order valence-corrected chi connectivity index (χ4v) is 3.33. The monoisotopic (exact) mass is 360 g/mol. The number of hydrogen-bond acceptors (Lipinski definition) is 3. The van der Waals surface area contributed by atoms with Crippen molar-refractivity contribution in [3.8, 4) is 0 Å². The van der Waals surface area contributed by atoms with Gasteiger partial charge in [0, 0.05) is 25.3 Å². The first-order valence-corrected chi connectivity index (χ1v) is 9.41. The lowest BCUT2D eigenvalue weighted by atomic mass is 9.86. The molecule has 0 aliphatic carbocycles. The largest absolute Gasteiger partial charge is 0.322 e. The van der Waals surface area contributed by atoms with Gasteiger partial charge in [0.2, 0.25) is 10.0 Å². The number of hydrogen-bond donors (Lipinski definition) is 1. The highest BCUT2D eigenvalue weighted by Crippen LogP contribution is 2.29. The van der Waals surface area contributed by atoms with Crippen molar-refractivity contribution >= 4 is 21.6 Å². The maximum Gasteiger partial charge on any atom is 0.255 e. The lowest BCUT2D eigenvalue weighted by molar-refractivity contribution is 0.102. The molecule has 1 amide bonds. The fraction of sp³-hybridized carbons (Fsp3) is 0.316. The highest BCUT2D eigenvalue weighted by molar-refractivity contribution is 7.89. The molecule has 0 spiro atoms. The molecule has 25 heavy (non-hydrogen) atoms. The molecule has 0 aliphatic rings. The molecular formula is C19H24N2O3S. The maximum atomic E-state index is 12.5. The fourth-order valence-electron chi connectivity index (χ4n) is 2.43. The molecule has 0 aliphatic heterocycles. The van der Waals surface area contributed by atoms with E-state index in [1.807, 2.05) is 24.3 Å². The van der Waals surface area contributed by atoms with E-state index >= 15 is 0 Å².